The first-order valence-electron chi connectivity index (χ1n) is 8.57. The highest BCUT2D eigenvalue weighted by Gasteiger charge is 2.21. The minimum atomic E-state index is 0.573. The zero-order valence-electron chi connectivity index (χ0n) is 14.9. The molecule has 136 valence electrons. The molecule has 0 aliphatic carbocycles. The molecule has 0 bridgehead atoms. The van der Waals surface area contributed by atoms with Crippen LogP contribution in [0.2, 0.25) is 0 Å². The van der Waals surface area contributed by atoms with Gasteiger partial charge in [-0.1, -0.05) is 6.07 Å². The summed E-state index contributed by atoms with van der Waals surface area (Å²) in [6, 6.07) is 13.4. The molecule has 0 unspecified atom stereocenters. The average molecular weight is 360 g/mol. The highest BCUT2D eigenvalue weighted by Crippen LogP contribution is 2.29. The number of nitrogens with zero attached hydrogens (tertiary/aromatic N) is 3. The highest BCUT2D eigenvalue weighted by atomic mass is 16.5. The predicted octanol–water partition coefficient (Wildman–Crippen LogP) is 3.33. The van der Waals surface area contributed by atoms with Gasteiger partial charge in [0.05, 0.1) is 7.11 Å². The zero-order chi connectivity index (χ0) is 18.8. The molecule has 0 saturated heterocycles. The Morgan fingerprint density at radius 3 is 2.81 bits per heavy atom. The summed E-state index contributed by atoms with van der Waals surface area (Å²) in [6.07, 6.45) is 2.98. The molecule has 4 rings (SSSR count). The quantitative estimate of drug-likeness (QED) is 0.477. The molecule has 1 aliphatic heterocycles. The van der Waals surface area contributed by atoms with Gasteiger partial charge in [-0.2, -0.15) is 4.98 Å². The largest absolute Gasteiger partial charge is 0.497 e. The number of nitrogens with two attached hydrogens (primary N) is 1. The van der Waals surface area contributed by atoms with E-state index >= 15 is 0 Å². The van der Waals surface area contributed by atoms with E-state index in [0.29, 0.717) is 23.0 Å². The molecule has 0 fully saturated rings. The Morgan fingerprint density at radius 2 is 2.00 bits per heavy atom. The molecule has 0 amide bonds. The normalized spacial score (nSPS) is 12.6. The van der Waals surface area contributed by atoms with Crippen molar-refractivity contribution in [3.63, 3.8) is 0 Å². The van der Waals surface area contributed by atoms with E-state index in [4.69, 9.17) is 15.9 Å². The first-order valence-corrected chi connectivity index (χ1v) is 8.57. The van der Waals surface area contributed by atoms with Gasteiger partial charge in [-0.15, -0.1) is 0 Å². The lowest BCUT2D eigenvalue weighted by Crippen LogP contribution is -2.17. The summed E-state index contributed by atoms with van der Waals surface area (Å²) in [7, 11) is 1.67. The Hall–Kier alpha value is -3.61. The summed E-state index contributed by atoms with van der Waals surface area (Å²) in [5.41, 5.74) is 10.4. The van der Waals surface area contributed by atoms with Crippen LogP contribution in [0, 0.1) is 5.41 Å². The van der Waals surface area contributed by atoms with E-state index in [9.17, 15) is 0 Å². The number of nitrogens with one attached hydrogen (secondary N) is 2. The third kappa shape index (κ3) is 3.39. The Bertz CT molecular complexity index is 1000. The predicted molar refractivity (Wildman–Crippen MR) is 107 cm³/mol. The lowest BCUT2D eigenvalue weighted by atomic mass is 10.1. The third-order valence-corrected chi connectivity index (χ3v) is 4.58. The van der Waals surface area contributed by atoms with Crippen molar-refractivity contribution in [2.24, 2.45) is 0 Å². The van der Waals surface area contributed by atoms with E-state index in [1.165, 1.54) is 17.3 Å². The maximum atomic E-state index is 7.43. The van der Waals surface area contributed by atoms with Crippen LogP contribution in [0.5, 0.6) is 5.75 Å². The van der Waals surface area contributed by atoms with Crippen molar-refractivity contribution in [1.29, 1.82) is 5.41 Å². The number of aromatic nitrogens is 2. The van der Waals surface area contributed by atoms with Gasteiger partial charge in [-0.3, -0.25) is 0 Å². The summed E-state index contributed by atoms with van der Waals surface area (Å²) in [6.45, 7) is 1.51. The van der Waals surface area contributed by atoms with Crippen LogP contribution in [0.1, 0.15) is 16.7 Å². The Kier molecular flexibility index (Phi) is 4.33. The molecule has 27 heavy (non-hydrogen) atoms. The summed E-state index contributed by atoms with van der Waals surface area (Å²) in [4.78, 5) is 11.2. The molecule has 0 spiro atoms. The summed E-state index contributed by atoms with van der Waals surface area (Å²) in [5, 5.41) is 10.7. The molecular formula is C20H20N6O. The van der Waals surface area contributed by atoms with Crippen molar-refractivity contribution in [3.05, 3.63) is 65.4 Å². The second kappa shape index (κ2) is 6.95. The monoisotopic (exact) mass is 360 g/mol. The first-order chi connectivity index (χ1) is 13.2. The zero-order valence-corrected chi connectivity index (χ0v) is 14.9. The fraction of sp³-hybridized carbons (Fsp3) is 0.150. The number of hydrogen-bond acceptors (Lipinski definition) is 7. The minimum absolute atomic E-state index is 0.573. The number of rotatable bonds is 5. The highest BCUT2D eigenvalue weighted by molar-refractivity contribution is 5.87. The average Bonchev–Trinajstić information content (AvgIpc) is 3.13. The molecule has 0 saturated carbocycles. The maximum absolute atomic E-state index is 7.43. The van der Waals surface area contributed by atoms with Crippen LogP contribution in [-0.2, 0) is 13.1 Å². The van der Waals surface area contributed by atoms with Crippen LogP contribution in [0.25, 0.3) is 0 Å². The summed E-state index contributed by atoms with van der Waals surface area (Å²) >= 11 is 0. The Labute approximate surface area is 157 Å². The first kappa shape index (κ1) is 16.8. The van der Waals surface area contributed by atoms with Gasteiger partial charge >= 0.3 is 0 Å². The number of ether oxygens (including phenoxy) is 1. The lowest BCUT2D eigenvalue weighted by Gasteiger charge is -2.16. The van der Waals surface area contributed by atoms with E-state index in [2.05, 4.69) is 32.3 Å². The summed E-state index contributed by atoms with van der Waals surface area (Å²) < 4.78 is 5.31. The van der Waals surface area contributed by atoms with Crippen LogP contribution >= 0.6 is 0 Å². The van der Waals surface area contributed by atoms with Crippen molar-refractivity contribution in [2.45, 2.75) is 13.1 Å². The van der Waals surface area contributed by atoms with Crippen molar-refractivity contribution < 1.29 is 4.74 Å². The van der Waals surface area contributed by atoms with Crippen LogP contribution < -0.4 is 20.7 Å². The minimum Gasteiger partial charge on any atom is -0.497 e. The van der Waals surface area contributed by atoms with Gasteiger partial charge in [0.25, 0.3) is 0 Å². The molecule has 0 atom stereocenters. The Balaban J connectivity index is 1.54. The molecule has 0 radical (unpaired) electrons. The van der Waals surface area contributed by atoms with Gasteiger partial charge in [0.2, 0.25) is 5.95 Å². The van der Waals surface area contributed by atoms with E-state index in [1.54, 1.807) is 19.4 Å². The second-order valence-corrected chi connectivity index (χ2v) is 6.35. The van der Waals surface area contributed by atoms with Crippen LogP contribution in [-0.4, -0.2) is 23.3 Å². The van der Waals surface area contributed by atoms with Crippen molar-refractivity contribution in [2.75, 3.05) is 23.1 Å². The number of methoxy groups -OCH3 is 1. The lowest BCUT2D eigenvalue weighted by molar-refractivity contribution is 0.414. The number of benzene rings is 2. The van der Waals surface area contributed by atoms with Gasteiger partial charge in [0.1, 0.15) is 11.6 Å². The fourth-order valence-corrected chi connectivity index (χ4v) is 3.14. The van der Waals surface area contributed by atoms with E-state index in [1.807, 2.05) is 24.3 Å². The van der Waals surface area contributed by atoms with Gasteiger partial charge < -0.3 is 26.1 Å². The molecule has 4 N–H and O–H groups in total. The van der Waals surface area contributed by atoms with Crippen molar-refractivity contribution in [3.8, 4) is 5.75 Å². The molecule has 3 aromatic rings. The number of fused-ring (bicyclic) bond motifs is 1. The van der Waals surface area contributed by atoms with E-state index < -0.39 is 0 Å². The van der Waals surface area contributed by atoms with Crippen molar-refractivity contribution in [1.82, 2.24) is 9.97 Å². The molecule has 7 nitrogen and oxygen atoms in total. The van der Waals surface area contributed by atoms with Gasteiger partial charge in [-0.05, 0) is 47.5 Å². The van der Waals surface area contributed by atoms with Crippen LogP contribution in [0.4, 0.5) is 23.1 Å². The number of anilines is 4. The fourth-order valence-electron chi connectivity index (χ4n) is 3.14. The third-order valence-electron chi connectivity index (χ3n) is 4.58. The SMILES string of the molecule is COc1ccc2c(c1)CN(c1nccc(Nc3ccc(N)c(C=N)c3)n1)C2. The standard InChI is InChI=1S/C20H20N6O/c1-27-17-4-2-13-11-26(12-15(13)9-17)20-23-7-6-19(25-20)24-16-3-5-18(22)14(8-16)10-21/h2-10,21H,11-12,22H2,1H3,(H,23,24,25). The second-order valence-electron chi connectivity index (χ2n) is 6.35. The summed E-state index contributed by atoms with van der Waals surface area (Å²) in [5.74, 6) is 2.21. The molecule has 1 aromatic heterocycles. The van der Waals surface area contributed by atoms with Gasteiger partial charge in [0.15, 0.2) is 0 Å². The maximum Gasteiger partial charge on any atom is 0.227 e. The number of hydrogen-bond donors (Lipinski definition) is 3. The van der Waals surface area contributed by atoms with E-state index in [-0.39, 0.29) is 0 Å². The molecule has 1 aliphatic rings. The number of nitrogen functional groups attached to an aromatic ring is 1. The molecule has 2 heterocycles. The topological polar surface area (TPSA) is 100 Å². The molecular weight excluding hydrogens is 340 g/mol. The van der Waals surface area contributed by atoms with Crippen molar-refractivity contribution >= 4 is 29.4 Å². The smallest absolute Gasteiger partial charge is 0.227 e. The van der Waals surface area contributed by atoms with E-state index in [0.717, 1.165) is 24.5 Å². The van der Waals surface area contributed by atoms with Crippen LogP contribution in [0.3, 0.4) is 0 Å². The Morgan fingerprint density at radius 1 is 1.15 bits per heavy atom. The van der Waals surface area contributed by atoms with Gasteiger partial charge in [-0.25, -0.2) is 4.98 Å². The van der Waals surface area contributed by atoms with Gasteiger partial charge in [0, 0.05) is 42.4 Å². The molecule has 7 heteroatoms. The van der Waals surface area contributed by atoms with Crippen LogP contribution in [0.15, 0.2) is 48.7 Å². The molecule has 2 aromatic carbocycles.